The van der Waals surface area contributed by atoms with Crippen LogP contribution in [0.4, 0.5) is 10.1 Å². The van der Waals surface area contributed by atoms with Crippen molar-refractivity contribution in [2.24, 2.45) is 5.84 Å². The SMILES string of the molecule is NNC(=O)[C@@H]1CN(C(=O)c2ccccc2F)c2ccccc2O1. The number of anilines is 1. The van der Waals surface area contributed by atoms with Crippen molar-refractivity contribution in [3.05, 3.63) is 59.9 Å². The van der Waals surface area contributed by atoms with Gasteiger partial charge in [0.15, 0.2) is 6.10 Å². The maximum Gasteiger partial charge on any atom is 0.276 e. The molecule has 0 bridgehead atoms. The molecule has 0 fully saturated rings. The Kier molecular flexibility index (Phi) is 3.94. The van der Waals surface area contributed by atoms with E-state index in [0.29, 0.717) is 11.4 Å². The molecule has 0 saturated carbocycles. The van der Waals surface area contributed by atoms with Gasteiger partial charge in [0.25, 0.3) is 11.8 Å². The summed E-state index contributed by atoms with van der Waals surface area (Å²) in [5, 5.41) is 0. The lowest BCUT2D eigenvalue weighted by Gasteiger charge is -2.34. The van der Waals surface area contributed by atoms with E-state index in [2.05, 4.69) is 0 Å². The van der Waals surface area contributed by atoms with E-state index in [9.17, 15) is 14.0 Å². The summed E-state index contributed by atoms with van der Waals surface area (Å²) in [6.45, 7) is -0.0623. The average Bonchev–Trinajstić information content (AvgIpc) is 2.60. The number of para-hydroxylation sites is 2. The van der Waals surface area contributed by atoms with Crippen molar-refractivity contribution in [1.29, 1.82) is 0 Å². The van der Waals surface area contributed by atoms with Gasteiger partial charge in [-0.1, -0.05) is 24.3 Å². The third kappa shape index (κ3) is 2.74. The number of hydrogen-bond acceptors (Lipinski definition) is 4. The maximum atomic E-state index is 13.9. The Hall–Kier alpha value is -2.93. The molecule has 0 unspecified atom stereocenters. The smallest absolute Gasteiger partial charge is 0.276 e. The van der Waals surface area contributed by atoms with Crippen LogP contribution in [0.3, 0.4) is 0 Å². The van der Waals surface area contributed by atoms with Gasteiger partial charge in [-0.2, -0.15) is 0 Å². The molecular formula is C16H14FN3O3. The number of hydrazine groups is 1. The van der Waals surface area contributed by atoms with Crippen LogP contribution in [0.15, 0.2) is 48.5 Å². The molecule has 0 saturated heterocycles. The molecule has 1 heterocycles. The van der Waals surface area contributed by atoms with Crippen molar-refractivity contribution in [2.75, 3.05) is 11.4 Å². The number of amides is 2. The summed E-state index contributed by atoms with van der Waals surface area (Å²) in [6, 6.07) is 12.4. The number of hydrogen-bond donors (Lipinski definition) is 2. The highest BCUT2D eigenvalue weighted by atomic mass is 19.1. The number of nitrogens with zero attached hydrogens (tertiary/aromatic N) is 1. The van der Waals surface area contributed by atoms with Crippen LogP contribution in [-0.4, -0.2) is 24.5 Å². The summed E-state index contributed by atoms with van der Waals surface area (Å²) < 4.78 is 19.5. The highest BCUT2D eigenvalue weighted by Gasteiger charge is 2.34. The van der Waals surface area contributed by atoms with Gasteiger partial charge in [-0.15, -0.1) is 0 Å². The van der Waals surface area contributed by atoms with Crippen molar-refractivity contribution in [3.8, 4) is 5.75 Å². The zero-order valence-corrected chi connectivity index (χ0v) is 12.0. The Morgan fingerprint density at radius 2 is 1.87 bits per heavy atom. The number of nitrogens with one attached hydrogen (secondary N) is 1. The maximum absolute atomic E-state index is 13.9. The molecule has 0 aliphatic carbocycles. The predicted octanol–water partition coefficient (Wildman–Crippen LogP) is 1.22. The predicted molar refractivity (Wildman–Crippen MR) is 81.3 cm³/mol. The fourth-order valence-electron chi connectivity index (χ4n) is 2.44. The Bertz CT molecular complexity index is 766. The van der Waals surface area contributed by atoms with E-state index >= 15 is 0 Å². The molecule has 118 valence electrons. The summed E-state index contributed by atoms with van der Waals surface area (Å²) >= 11 is 0. The number of rotatable bonds is 2. The van der Waals surface area contributed by atoms with Gasteiger partial charge < -0.3 is 9.64 Å². The largest absolute Gasteiger partial charge is 0.476 e. The first-order valence-electron chi connectivity index (χ1n) is 6.94. The lowest BCUT2D eigenvalue weighted by molar-refractivity contribution is -0.127. The molecule has 3 rings (SSSR count). The van der Waals surface area contributed by atoms with E-state index in [0.717, 1.165) is 0 Å². The zero-order valence-electron chi connectivity index (χ0n) is 12.0. The van der Waals surface area contributed by atoms with Crippen molar-refractivity contribution in [1.82, 2.24) is 5.43 Å². The zero-order chi connectivity index (χ0) is 16.4. The summed E-state index contributed by atoms with van der Waals surface area (Å²) in [7, 11) is 0. The van der Waals surface area contributed by atoms with Crippen molar-refractivity contribution < 1.29 is 18.7 Å². The van der Waals surface area contributed by atoms with Gasteiger partial charge in [0, 0.05) is 0 Å². The van der Waals surface area contributed by atoms with Crippen LogP contribution >= 0.6 is 0 Å². The van der Waals surface area contributed by atoms with Crippen molar-refractivity contribution >= 4 is 17.5 Å². The average molecular weight is 315 g/mol. The second kappa shape index (κ2) is 6.05. The summed E-state index contributed by atoms with van der Waals surface area (Å²) in [6.07, 6.45) is -0.967. The monoisotopic (exact) mass is 315 g/mol. The molecule has 1 atom stereocenters. The standard InChI is InChI=1S/C16H14FN3O3/c17-11-6-2-1-5-10(11)16(22)20-9-14(15(21)19-18)23-13-8-4-3-7-12(13)20/h1-8,14H,9,18H2,(H,19,21)/t14-/m0/s1. The van der Waals surface area contributed by atoms with Gasteiger partial charge in [-0.3, -0.25) is 15.0 Å². The molecule has 2 aromatic rings. The minimum Gasteiger partial charge on any atom is -0.476 e. The molecule has 2 aromatic carbocycles. The molecule has 0 spiro atoms. The second-order valence-electron chi connectivity index (χ2n) is 4.98. The quantitative estimate of drug-likeness (QED) is 0.496. The number of carbonyl (C=O) groups is 2. The summed E-state index contributed by atoms with van der Waals surface area (Å²) in [5.41, 5.74) is 2.40. The molecule has 2 amide bonds. The van der Waals surface area contributed by atoms with Crippen molar-refractivity contribution in [2.45, 2.75) is 6.10 Å². The third-order valence-electron chi connectivity index (χ3n) is 3.56. The molecule has 1 aliphatic rings. The van der Waals surface area contributed by atoms with E-state index in [-0.39, 0.29) is 12.1 Å². The van der Waals surface area contributed by atoms with Gasteiger partial charge in [-0.05, 0) is 24.3 Å². The first-order chi connectivity index (χ1) is 11.1. The Morgan fingerprint density at radius 1 is 1.17 bits per heavy atom. The normalized spacial score (nSPS) is 16.3. The molecule has 7 heteroatoms. The third-order valence-corrected chi connectivity index (χ3v) is 3.56. The van der Waals surface area contributed by atoms with Gasteiger partial charge >= 0.3 is 0 Å². The fourth-order valence-corrected chi connectivity index (χ4v) is 2.44. The van der Waals surface area contributed by atoms with E-state index < -0.39 is 23.7 Å². The number of benzene rings is 2. The van der Waals surface area contributed by atoms with Gasteiger partial charge in [0.2, 0.25) is 0 Å². The topological polar surface area (TPSA) is 84.7 Å². The highest BCUT2D eigenvalue weighted by molar-refractivity contribution is 6.08. The van der Waals surface area contributed by atoms with Crippen LogP contribution in [0.1, 0.15) is 10.4 Å². The molecule has 23 heavy (non-hydrogen) atoms. The van der Waals surface area contributed by atoms with E-state index in [1.165, 1.54) is 23.1 Å². The minimum atomic E-state index is -0.967. The van der Waals surface area contributed by atoms with Crippen molar-refractivity contribution in [3.63, 3.8) is 0 Å². The van der Waals surface area contributed by atoms with Crippen LogP contribution in [0, 0.1) is 5.82 Å². The van der Waals surface area contributed by atoms with E-state index in [4.69, 9.17) is 10.6 Å². The van der Waals surface area contributed by atoms with E-state index in [1.54, 1.807) is 30.3 Å². The van der Waals surface area contributed by atoms with Crippen LogP contribution < -0.4 is 20.9 Å². The number of nitrogens with two attached hydrogens (primary N) is 1. The van der Waals surface area contributed by atoms with Crippen LogP contribution in [-0.2, 0) is 4.79 Å². The minimum absolute atomic E-state index is 0.0623. The van der Waals surface area contributed by atoms with Crippen LogP contribution in [0.2, 0.25) is 0 Å². The van der Waals surface area contributed by atoms with Gasteiger partial charge in [0.05, 0.1) is 17.8 Å². The van der Waals surface area contributed by atoms with Gasteiger partial charge in [-0.25, -0.2) is 10.2 Å². The molecule has 1 aliphatic heterocycles. The number of carbonyl (C=O) groups excluding carboxylic acids is 2. The number of fused-ring (bicyclic) bond motifs is 1. The molecule has 6 nitrogen and oxygen atoms in total. The Balaban J connectivity index is 2.01. The number of halogens is 1. The molecule has 0 radical (unpaired) electrons. The fraction of sp³-hybridized carbons (Fsp3) is 0.125. The Morgan fingerprint density at radius 3 is 2.61 bits per heavy atom. The molecular weight excluding hydrogens is 301 g/mol. The first kappa shape index (κ1) is 15.0. The van der Waals surface area contributed by atoms with Crippen LogP contribution in [0.5, 0.6) is 5.75 Å². The first-order valence-corrected chi connectivity index (χ1v) is 6.94. The lowest BCUT2D eigenvalue weighted by Crippen LogP contribution is -2.52. The highest BCUT2D eigenvalue weighted by Crippen LogP contribution is 2.34. The lowest BCUT2D eigenvalue weighted by atomic mass is 10.1. The van der Waals surface area contributed by atoms with Gasteiger partial charge in [0.1, 0.15) is 11.6 Å². The van der Waals surface area contributed by atoms with Crippen LogP contribution in [0.25, 0.3) is 0 Å². The summed E-state index contributed by atoms with van der Waals surface area (Å²) in [4.78, 5) is 25.8. The summed E-state index contributed by atoms with van der Waals surface area (Å²) in [5.74, 6) is 3.76. The molecule has 0 aromatic heterocycles. The number of ether oxygens (including phenoxy) is 1. The Labute approximate surface area is 131 Å². The second-order valence-corrected chi connectivity index (χ2v) is 4.98. The van der Waals surface area contributed by atoms with E-state index in [1.807, 2.05) is 5.43 Å². The molecule has 3 N–H and O–H groups in total.